The normalized spacial score (nSPS) is 12.2. The first-order valence-corrected chi connectivity index (χ1v) is 13.5. The SMILES string of the molecule is [Pt+2].[c-]1c(Oc2[c-]c3c(cc2)c2ccccc2n3-c2ccccn2)cccc1B1Oc2ccccc2N1c1ccccc1. The fraction of sp³-hybridized carbons (Fsp3) is 0. The van der Waals surface area contributed by atoms with Gasteiger partial charge in [0.05, 0.1) is 5.69 Å². The molecule has 0 amide bonds. The molecule has 1 aliphatic heterocycles. The molecule has 1 aliphatic rings. The van der Waals surface area contributed by atoms with E-state index in [9.17, 15) is 0 Å². The fourth-order valence-corrected chi connectivity index (χ4v) is 5.57. The molecule has 0 atom stereocenters. The van der Waals surface area contributed by atoms with Crippen molar-refractivity contribution in [2.24, 2.45) is 0 Å². The number of rotatable bonds is 5. The van der Waals surface area contributed by atoms with Gasteiger partial charge in [-0.1, -0.05) is 60.1 Å². The van der Waals surface area contributed by atoms with E-state index >= 15 is 0 Å². The topological polar surface area (TPSA) is 39.5 Å². The number of pyridine rings is 1. The van der Waals surface area contributed by atoms with Crippen LogP contribution in [0.5, 0.6) is 17.2 Å². The Morgan fingerprint density at radius 1 is 0.667 bits per heavy atom. The second kappa shape index (κ2) is 10.9. The summed E-state index contributed by atoms with van der Waals surface area (Å²) in [5.41, 5.74) is 4.91. The molecule has 7 aromatic rings. The molecule has 5 nitrogen and oxygen atoms in total. The zero-order chi connectivity index (χ0) is 27.2. The van der Waals surface area contributed by atoms with Gasteiger partial charge in [-0.05, 0) is 47.9 Å². The smallest absolute Gasteiger partial charge is 0.537 e. The molecule has 0 radical (unpaired) electrons. The fourth-order valence-electron chi connectivity index (χ4n) is 5.57. The van der Waals surface area contributed by atoms with E-state index in [4.69, 9.17) is 9.39 Å². The van der Waals surface area contributed by atoms with Gasteiger partial charge < -0.3 is 18.8 Å². The standard InChI is InChI=1S/C35H22BN3O2.Pt/c1-2-12-26(13-3-1)39-32-17-6-7-18-34(32)41-36(39)25-11-10-14-27(23-25)40-28-20-21-30-29-15-4-5-16-31(29)38(33(30)24-28)35-19-8-9-22-37-35;/h1-22H;/q-2;+2. The van der Waals surface area contributed by atoms with Gasteiger partial charge in [0.2, 0.25) is 0 Å². The van der Waals surface area contributed by atoms with Gasteiger partial charge in [-0.25, -0.2) is 4.98 Å². The van der Waals surface area contributed by atoms with Crippen LogP contribution < -0.4 is 19.7 Å². The molecule has 3 heterocycles. The van der Waals surface area contributed by atoms with Gasteiger partial charge in [0.25, 0.3) is 0 Å². The maximum Gasteiger partial charge on any atom is 2.00 e. The summed E-state index contributed by atoms with van der Waals surface area (Å²) in [7, 11) is -0.378. The molecule has 5 aromatic carbocycles. The van der Waals surface area contributed by atoms with E-state index in [1.54, 1.807) is 6.20 Å². The Balaban J connectivity index is 0.00000288. The van der Waals surface area contributed by atoms with Crippen molar-refractivity contribution in [3.8, 4) is 23.1 Å². The van der Waals surface area contributed by atoms with Gasteiger partial charge >= 0.3 is 28.1 Å². The average Bonchev–Trinajstić information content (AvgIpc) is 3.58. The Bertz CT molecular complexity index is 2030. The van der Waals surface area contributed by atoms with Crippen molar-refractivity contribution in [3.63, 3.8) is 0 Å². The predicted octanol–water partition coefficient (Wildman–Crippen LogP) is 7.49. The zero-order valence-electron chi connectivity index (χ0n) is 22.3. The number of anilines is 2. The van der Waals surface area contributed by atoms with Crippen LogP contribution in [0.15, 0.2) is 134 Å². The molecule has 0 N–H and O–H groups in total. The van der Waals surface area contributed by atoms with E-state index in [1.807, 2.05) is 84.9 Å². The first-order chi connectivity index (χ1) is 20.3. The van der Waals surface area contributed by atoms with Gasteiger partial charge in [-0.2, -0.15) is 18.2 Å². The van der Waals surface area contributed by atoms with E-state index < -0.39 is 0 Å². The van der Waals surface area contributed by atoms with Crippen LogP contribution in [0.4, 0.5) is 11.4 Å². The van der Waals surface area contributed by atoms with Crippen molar-refractivity contribution in [2.45, 2.75) is 0 Å². The van der Waals surface area contributed by atoms with Crippen molar-refractivity contribution in [1.82, 2.24) is 9.55 Å². The third-order valence-electron chi connectivity index (χ3n) is 7.34. The second-order valence-corrected chi connectivity index (χ2v) is 9.84. The molecular formula is C35H22BN3O2Pt. The van der Waals surface area contributed by atoms with Gasteiger partial charge in [0.15, 0.2) is 0 Å². The number of hydrogen-bond donors (Lipinski definition) is 0. The number of hydrogen-bond acceptors (Lipinski definition) is 4. The quantitative estimate of drug-likeness (QED) is 0.136. The van der Waals surface area contributed by atoms with E-state index in [0.717, 1.165) is 50.2 Å². The van der Waals surface area contributed by atoms with Gasteiger partial charge in [0.1, 0.15) is 11.6 Å². The summed E-state index contributed by atoms with van der Waals surface area (Å²) in [4.78, 5) is 6.81. The second-order valence-electron chi connectivity index (χ2n) is 9.84. The number of nitrogens with zero attached hydrogens (tertiary/aromatic N) is 3. The first kappa shape index (κ1) is 26.1. The summed E-state index contributed by atoms with van der Waals surface area (Å²) in [5.74, 6) is 2.86. The molecule has 202 valence electrons. The number of aromatic nitrogens is 2. The van der Waals surface area contributed by atoms with E-state index in [0.29, 0.717) is 11.5 Å². The Labute approximate surface area is 258 Å². The minimum atomic E-state index is -0.378. The van der Waals surface area contributed by atoms with Gasteiger partial charge in [-0.3, -0.25) is 0 Å². The van der Waals surface area contributed by atoms with Crippen LogP contribution in [0.3, 0.4) is 0 Å². The molecular weight excluding hydrogens is 700 g/mol. The predicted molar refractivity (Wildman–Crippen MR) is 164 cm³/mol. The minimum Gasteiger partial charge on any atom is -0.537 e. The molecule has 8 rings (SSSR count). The number of fused-ring (bicyclic) bond motifs is 4. The van der Waals surface area contributed by atoms with Crippen LogP contribution in [0.1, 0.15) is 0 Å². The van der Waals surface area contributed by atoms with Crippen LogP contribution in [-0.4, -0.2) is 16.6 Å². The van der Waals surface area contributed by atoms with Crippen molar-refractivity contribution in [3.05, 3.63) is 146 Å². The van der Waals surface area contributed by atoms with Gasteiger partial charge in [-0.15, -0.1) is 35.1 Å². The number of benzene rings is 5. The first-order valence-electron chi connectivity index (χ1n) is 13.5. The summed E-state index contributed by atoms with van der Waals surface area (Å²) in [6.45, 7) is 0. The van der Waals surface area contributed by atoms with E-state index in [2.05, 4.69) is 69.0 Å². The molecule has 0 unspecified atom stereocenters. The van der Waals surface area contributed by atoms with Crippen LogP contribution in [-0.2, 0) is 21.1 Å². The largest absolute Gasteiger partial charge is 2.00 e. The Hall–Kier alpha value is -4.80. The number of para-hydroxylation sites is 4. The molecule has 0 saturated heterocycles. The van der Waals surface area contributed by atoms with E-state index in [-0.39, 0.29) is 28.1 Å². The average molecular weight is 722 g/mol. The molecule has 0 aliphatic carbocycles. The van der Waals surface area contributed by atoms with Crippen LogP contribution in [0.2, 0.25) is 0 Å². The Morgan fingerprint density at radius 3 is 2.33 bits per heavy atom. The molecule has 0 bridgehead atoms. The Morgan fingerprint density at radius 2 is 1.45 bits per heavy atom. The van der Waals surface area contributed by atoms with Crippen LogP contribution in [0, 0.1) is 12.1 Å². The van der Waals surface area contributed by atoms with E-state index in [1.165, 1.54) is 0 Å². The zero-order valence-corrected chi connectivity index (χ0v) is 24.5. The summed E-state index contributed by atoms with van der Waals surface area (Å²) < 4.78 is 14.9. The van der Waals surface area contributed by atoms with Gasteiger partial charge in [0, 0.05) is 28.9 Å². The maximum absolute atomic E-state index is 6.44. The molecule has 42 heavy (non-hydrogen) atoms. The molecule has 0 saturated carbocycles. The molecule has 0 fully saturated rings. The number of ether oxygens (including phenoxy) is 1. The molecule has 0 spiro atoms. The summed E-state index contributed by atoms with van der Waals surface area (Å²) in [6, 6.07) is 49.5. The summed E-state index contributed by atoms with van der Waals surface area (Å²) in [6.07, 6.45) is 1.80. The van der Waals surface area contributed by atoms with Crippen LogP contribution >= 0.6 is 0 Å². The van der Waals surface area contributed by atoms with Crippen molar-refractivity contribution < 1.29 is 30.5 Å². The van der Waals surface area contributed by atoms with Crippen molar-refractivity contribution >= 4 is 45.7 Å². The monoisotopic (exact) mass is 722 g/mol. The summed E-state index contributed by atoms with van der Waals surface area (Å²) in [5, 5.41) is 2.23. The molecule has 2 aromatic heterocycles. The summed E-state index contributed by atoms with van der Waals surface area (Å²) >= 11 is 0. The van der Waals surface area contributed by atoms with Crippen LogP contribution in [0.25, 0.3) is 27.6 Å². The third-order valence-corrected chi connectivity index (χ3v) is 7.34. The van der Waals surface area contributed by atoms with Crippen molar-refractivity contribution in [1.29, 1.82) is 0 Å². The van der Waals surface area contributed by atoms with Crippen molar-refractivity contribution in [2.75, 3.05) is 4.81 Å². The Kier molecular flexibility index (Phi) is 6.77. The minimum absolute atomic E-state index is 0. The third kappa shape index (κ3) is 4.45. The maximum atomic E-state index is 6.44. The molecule has 7 heteroatoms.